The van der Waals surface area contributed by atoms with E-state index in [-0.39, 0.29) is 5.02 Å². The zero-order chi connectivity index (χ0) is 10.9. The van der Waals surface area contributed by atoms with Crippen LogP contribution in [0.15, 0.2) is 12.3 Å². The Labute approximate surface area is 80.5 Å². The number of pyridine rings is 1. The normalized spacial score (nSPS) is 12.2. The molecule has 1 heterocycles. The summed E-state index contributed by atoms with van der Waals surface area (Å²) >= 11 is 5.25. The first-order valence-corrected chi connectivity index (χ1v) is 3.71. The van der Waals surface area contributed by atoms with Crippen molar-refractivity contribution in [3.05, 3.63) is 28.5 Å². The average Bonchev–Trinajstić information content (AvgIpc) is 2.01. The Kier molecular flexibility index (Phi) is 2.94. The molecule has 0 amide bonds. The minimum atomic E-state index is -4.89. The van der Waals surface area contributed by atoms with E-state index in [1.54, 1.807) is 0 Å². The van der Waals surface area contributed by atoms with E-state index in [0.717, 1.165) is 0 Å². The molecule has 0 bridgehead atoms. The smallest absolute Gasteiger partial charge is 0.250 e. The molecule has 1 nitrogen and oxygen atoms in total. The second-order valence-corrected chi connectivity index (χ2v) is 2.83. The van der Waals surface area contributed by atoms with E-state index in [1.807, 2.05) is 0 Å². The molecular weight excluding hydrogens is 229 g/mol. The monoisotopic (exact) mass is 231 g/mol. The third-order valence-electron chi connectivity index (χ3n) is 1.39. The van der Waals surface area contributed by atoms with Gasteiger partial charge >= 0.3 is 6.18 Å². The van der Waals surface area contributed by atoms with Crippen molar-refractivity contribution in [3.63, 3.8) is 0 Å². The first-order valence-electron chi connectivity index (χ1n) is 3.33. The van der Waals surface area contributed by atoms with Gasteiger partial charge in [-0.1, -0.05) is 11.6 Å². The van der Waals surface area contributed by atoms with Gasteiger partial charge < -0.3 is 0 Å². The summed E-state index contributed by atoms with van der Waals surface area (Å²) in [5.41, 5.74) is -2.80. The molecule has 0 radical (unpaired) electrons. The topological polar surface area (TPSA) is 12.9 Å². The van der Waals surface area contributed by atoms with Gasteiger partial charge in [0.15, 0.2) is 5.69 Å². The second-order valence-electron chi connectivity index (χ2n) is 2.39. The minimum Gasteiger partial charge on any atom is -0.250 e. The lowest BCUT2D eigenvalue weighted by Gasteiger charge is -2.10. The summed E-state index contributed by atoms with van der Waals surface area (Å²) in [5.74, 6) is 0. The zero-order valence-corrected chi connectivity index (χ0v) is 7.20. The first-order chi connectivity index (χ1) is 6.32. The van der Waals surface area contributed by atoms with E-state index >= 15 is 0 Å². The summed E-state index contributed by atoms with van der Waals surface area (Å²) in [4.78, 5) is 2.83. The number of nitrogens with zero attached hydrogens (tertiary/aromatic N) is 1. The molecule has 0 unspecified atom stereocenters. The molecule has 0 aliphatic carbocycles. The van der Waals surface area contributed by atoms with Gasteiger partial charge in [-0.05, 0) is 6.07 Å². The molecule has 0 aliphatic heterocycles. The van der Waals surface area contributed by atoms with Gasteiger partial charge in [0.2, 0.25) is 0 Å². The van der Waals surface area contributed by atoms with Crippen molar-refractivity contribution < 1.29 is 22.0 Å². The van der Waals surface area contributed by atoms with E-state index in [9.17, 15) is 22.0 Å². The van der Waals surface area contributed by atoms with Crippen molar-refractivity contribution in [2.45, 2.75) is 12.6 Å². The van der Waals surface area contributed by atoms with Gasteiger partial charge in [-0.3, -0.25) is 0 Å². The number of hydrogen-bond acceptors (Lipinski definition) is 1. The zero-order valence-electron chi connectivity index (χ0n) is 6.45. The average molecular weight is 232 g/mol. The SMILES string of the molecule is FC(F)c1cc(Cl)cnc1C(F)(F)F. The standard InChI is InChI=1S/C7H3ClF5N/c8-3-1-4(6(9)10)5(14-2-3)7(11,12)13/h1-2,6H. The Hall–Kier alpha value is -0.910. The predicted molar refractivity (Wildman–Crippen MR) is 39.2 cm³/mol. The molecule has 0 saturated carbocycles. The number of alkyl halides is 5. The molecule has 0 aliphatic rings. The third-order valence-corrected chi connectivity index (χ3v) is 1.59. The van der Waals surface area contributed by atoms with Crippen LogP contribution in [0.4, 0.5) is 22.0 Å². The van der Waals surface area contributed by atoms with Crippen molar-refractivity contribution in [1.29, 1.82) is 0 Å². The van der Waals surface area contributed by atoms with Crippen LogP contribution in [0.5, 0.6) is 0 Å². The van der Waals surface area contributed by atoms with Crippen molar-refractivity contribution >= 4 is 11.6 Å². The lowest BCUT2D eigenvalue weighted by atomic mass is 10.2. The highest BCUT2D eigenvalue weighted by atomic mass is 35.5. The van der Waals surface area contributed by atoms with Crippen LogP contribution < -0.4 is 0 Å². The van der Waals surface area contributed by atoms with Crippen LogP contribution in [0.2, 0.25) is 5.02 Å². The molecule has 0 spiro atoms. The van der Waals surface area contributed by atoms with E-state index in [0.29, 0.717) is 12.3 Å². The van der Waals surface area contributed by atoms with Crippen LogP contribution in [-0.2, 0) is 6.18 Å². The summed E-state index contributed by atoms with van der Waals surface area (Å²) in [6, 6.07) is 0.558. The van der Waals surface area contributed by atoms with Crippen LogP contribution in [0, 0.1) is 0 Å². The third kappa shape index (κ3) is 2.31. The highest BCUT2D eigenvalue weighted by Gasteiger charge is 2.37. The molecular formula is C7H3ClF5N. The molecule has 1 rings (SSSR count). The van der Waals surface area contributed by atoms with Gasteiger partial charge in [0, 0.05) is 6.20 Å². The Bertz CT molecular complexity index is 335. The quantitative estimate of drug-likeness (QED) is 0.672. The highest BCUT2D eigenvalue weighted by Crippen LogP contribution is 2.35. The Morgan fingerprint density at radius 3 is 2.29 bits per heavy atom. The van der Waals surface area contributed by atoms with Crippen molar-refractivity contribution in [3.8, 4) is 0 Å². The summed E-state index contributed by atoms with van der Waals surface area (Å²) in [6.45, 7) is 0. The molecule has 0 fully saturated rings. The molecule has 0 N–H and O–H groups in total. The van der Waals surface area contributed by atoms with Crippen LogP contribution in [0.3, 0.4) is 0 Å². The lowest BCUT2D eigenvalue weighted by molar-refractivity contribution is -0.143. The fourth-order valence-corrected chi connectivity index (χ4v) is 1.02. The summed E-state index contributed by atoms with van der Waals surface area (Å²) in [7, 11) is 0. The predicted octanol–water partition coefficient (Wildman–Crippen LogP) is 3.69. The Balaban J connectivity index is 3.29. The van der Waals surface area contributed by atoms with Crippen LogP contribution in [0.1, 0.15) is 17.7 Å². The van der Waals surface area contributed by atoms with E-state index in [4.69, 9.17) is 11.6 Å². The minimum absolute atomic E-state index is 0.256. The van der Waals surface area contributed by atoms with Gasteiger partial charge in [-0.25, -0.2) is 13.8 Å². The number of aromatic nitrogens is 1. The molecule has 14 heavy (non-hydrogen) atoms. The summed E-state index contributed by atoms with van der Waals surface area (Å²) in [5, 5.41) is -0.256. The fourth-order valence-electron chi connectivity index (χ4n) is 0.858. The molecule has 7 heteroatoms. The van der Waals surface area contributed by atoms with E-state index in [1.165, 1.54) is 0 Å². The van der Waals surface area contributed by atoms with Crippen LogP contribution in [-0.4, -0.2) is 4.98 Å². The Morgan fingerprint density at radius 1 is 1.29 bits per heavy atom. The fraction of sp³-hybridized carbons (Fsp3) is 0.286. The van der Waals surface area contributed by atoms with Crippen LogP contribution in [0.25, 0.3) is 0 Å². The van der Waals surface area contributed by atoms with Gasteiger partial charge in [-0.15, -0.1) is 0 Å². The second kappa shape index (κ2) is 3.68. The highest BCUT2D eigenvalue weighted by molar-refractivity contribution is 6.30. The maximum absolute atomic E-state index is 12.1. The summed E-state index contributed by atoms with van der Waals surface area (Å²) in [6.07, 6.45) is -7.47. The van der Waals surface area contributed by atoms with Gasteiger partial charge in [0.05, 0.1) is 10.6 Å². The summed E-state index contributed by atoms with van der Waals surface area (Å²) < 4.78 is 60.6. The maximum atomic E-state index is 12.1. The number of hydrogen-bond donors (Lipinski definition) is 0. The van der Waals surface area contributed by atoms with Crippen molar-refractivity contribution in [2.75, 3.05) is 0 Å². The number of rotatable bonds is 1. The molecule has 0 atom stereocenters. The van der Waals surface area contributed by atoms with Crippen molar-refractivity contribution in [2.24, 2.45) is 0 Å². The molecule has 78 valence electrons. The number of halogens is 6. The molecule has 0 saturated heterocycles. The first kappa shape index (κ1) is 11.2. The maximum Gasteiger partial charge on any atom is 0.433 e. The van der Waals surface area contributed by atoms with Gasteiger partial charge in [0.1, 0.15) is 0 Å². The largest absolute Gasteiger partial charge is 0.433 e. The molecule has 1 aromatic heterocycles. The van der Waals surface area contributed by atoms with Crippen molar-refractivity contribution in [1.82, 2.24) is 4.98 Å². The molecule has 1 aromatic rings. The van der Waals surface area contributed by atoms with Crippen LogP contribution >= 0.6 is 11.6 Å². The molecule has 0 aromatic carbocycles. The lowest BCUT2D eigenvalue weighted by Crippen LogP contribution is -2.12. The van der Waals surface area contributed by atoms with Gasteiger partial charge in [-0.2, -0.15) is 13.2 Å². The Morgan fingerprint density at radius 2 is 1.86 bits per heavy atom. The van der Waals surface area contributed by atoms with Gasteiger partial charge in [0.25, 0.3) is 6.43 Å². The van der Waals surface area contributed by atoms with E-state index in [2.05, 4.69) is 4.98 Å². The van der Waals surface area contributed by atoms with E-state index < -0.39 is 23.9 Å².